The Morgan fingerprint density at radius 2 is 2.05 bits per heavy atom. The van der Waals surface area contributed by atoms with Crippen LogP contribution >= 0.6 is 0 Å². The first kappa shape index (κ1) is 16.2. The molecule has 0 aliphatic heterocycles. The van der Waals surface area contributed by atoms with Crippen LogP contribution in [0.3, 0.4) is 0 Å². The van der Waals surface area contributed by atoms with Crippen LogP contribution in [0.2, 0.25) is 0 Å². The molecule has 110 valence electrons. The van der Waals surface area contributed by atoms with Gasteiger partial charge in [-0.2, -0.15) is 5.10 Å². The number of hydrogen-bond donors (Lipinski definition) is 2. The quantitative estimate of drug-likeness (QED) is 0.721. The summed E-state index contributed by atoms with van der Waals surface area (Å²) in [5.74, 6) is 0. The van der Waals surface area contributed by atoms with Crippen molar-refractivity contribution >= 4 is 0 Å². The number of nitrogens with one attached hydrogen (secondary N) is 1. The molecular weight excluding hydrogens is 238 g/mol. The predicted molar refractivity (Wildman–Crippen MR) is 79.4 cm³/mol. The Bertz CT molecular complexity index is 361. The molecule has 0 aliphatic carbocycles. The van der Waals surface area contributed by atoms with Crippen LogP contribution in [-0.2, 0) is 19.4 Å². The molecule has 0 fully saturated rings. The van der Waals surface area contributed by atoms with E-state index in [-0.39, 0.29) is 12.1 Å². The van der Waals surface area contributed by atoms with E-state index in [0.717, 1.165) is 38.6 Å². The largest absolute Gasteiger partial charge is 0.394 e. The number of rotatable bonds is 9. The lowest BCUT2D eigenvalue weighted by molar-refractivity contribution is 0.150. The van der Waals surface area contributed by atoms with Crippen LogP contribution in [-0.4, -0.2) is 34.1 Å². The van der Waals surface area contributed by atoms with Gasteiger partial charge < -0.3 is 10.4 Å². The zero-order valence-electron chi connectivity index (χ0n) is 12.9. The molecule has 0 aromatic carbocycles. The lowest BCUT2D eigenvalue weighted by Crippen LogP contribution is -2.46. The highest BCUT2D eigenvalue weighted by molar-refractivity contribution is 5.10. The van der Waals surface area contributed by atoms with Gasteiger partial charge in [0.15, 0.2) is 0 Å². The summed E-state index contributed by atoms with van der Waals surface area (Å²) in [4.78, 5) is 0. The Kier molecular flexibility index (Phi) is 6.52. The second-order valence-corrected chi connectivity index (χ2v) is 5.20. The molecule has 4 heteroatoms. The third kappa shape index (κ3) is 4.05. The van der Waals surface area contributed by atoms with E-state index in [1.54, 1.807) is 0 Å². The summed E-state index contributed by atoms with van der Waals surface area (Å²) in [6.45, 7) is 7.56. The summed E-state index contributed by atoms with van der Waals surface area (Å²) in [5, 5.41) is 17.4. The van der Waals surface area contributed by atoms with E-state index in [4.69, 9.17) is 0 Å². The van der Waals surface area contributed by atoms with E-state index in [1.807, 2.05) is 7.05 Å². The molecule has 1 rings (SSSR count). The maximum absolute atomic E-state index is 9.53. The molecular formula is C15H29N3O. The van der Waals surface area contributed by atoms with Gasteiger partial charge in [0.1, 0.15) is 0 Å². The van der Waals surface area contributed by atoms with Crippen molar-refractivity contribution in [2.24, 2.45) is 0 Å². The molecule has 1 aromatic heterocycles. The summed E-state index contributed by atoms with van der Waals surface area (Å²) in [7, 11) is 1.93. The van der Waals surface area contributed by atoms with Crippen molar-refractivity contribution in [1.29, 1.82) is 0 Å². The summed E-state index contributed by atoms with van der Waals surface area (Å²) in [6.07, 6.45) is 4.97. The first-order chi connectivity index (χ1) is 9.14. The van der Waals surface area contributed by atoms with Crippen LogP contribution < -0.4 is 5.32 Å². The number of likely N-dealkylation sites (N-methyl/N-ethyl adjacent to an activating group) is 1. The van der Waals surface area contributed by atoms with Gasteiger partial charge in [-0.05, 0) is 45.2 Å². The van der Waals surface area contributed by atoms with E-state index < -0.39 is 0 Å². The highest BCUT2D eigenvalue weighted by Gasteiger charge is 2.24. The monoisotopic (exact) mass is 267 g/mol. The molecule has 0 saturated heterocycles. The zero-order chi connectivity index (χ0) is 14.3. The van der Waals surface area contributed by atoms with E-state index in [1.165, 1.54) is 11.4 Å². The van der Waals surface area contributed by atoms with Gasteiger partial charge in [0.25, 0.3) is 0 Å². The summed E-state index contributed by atoms with van der Waals surface area (Å²) in [5.41, 5.74) is 2.36. The Morgan fingerprint density at radius 3 is 2.53 bits per heavy atom. The minimum atomic E-state index is -0.132. The number of aromatic nitrogens is 2. The van der Waals surface area contributed by atoms with Crippen LogP contribution in [0.4, 0.5) is 0 Å². The van der Waals surface area contributed by atoms with E-state index in [9.17, 15) is 5.11 Å². The van der Waals surface area contributed by atoms with Crippen molar-refractivity contribution < 1.29 is 5.11 Å². The fourth-order valence-corrected chi connectivity index (χ4v) is 2.48. The predicted octanol–water partition coefficient (Wildman–Crippen LogP) is 2.15. The molecule has 0 aliphatic rings. The van der Waals surface area contributed by atoms with E-state index in [2.05, 4.69) is 41.9 Å². The van der Waals surface area contributed by atoms with Gasteiger partial charge in [-0.3, -0.25) is 4.68 Å². The highest BCUT2D eigenvalue weighted by atomic mass is 16.3. The zero-order valence-corrected chi connectivity index (χ0v) is 12.9. The molecule has 1 heterocycles. The molecule has 19 heavy (non-hydrogen) atoms. The van der Waals surface area contributed by atoms with Gasteiger partial charge >= 0.3 is 0 Å². The number of aliphatic hydroxyl groups is 1. The highest BCUT2D eigenvalue weighted by Crippen LogP contribution is 2.17. The Morgan fingerprint density at radius 1 is 1.32 bits per heavy atom. The number of aryl methyl sites for hydroxylation is 3. The van der Waals surface area contributed by atoms with Crippen LogP contribution in [0.25, 0.3) is 0 Å². The normalized spacial score (nSPS) is 14.6. The molecule has 2 N–H and O–H groups in total. The lowest BCUT2D eigenvalue weighted by atomic mass is 9.91. The third-order valence-electron chi connectivity index (χ3n) is 4.17. The van der Waals surface area contributed by atoms with Crippen molar-refractivity contribution in [2.75, 3.05) is 13.7 Å². The second-order valence-electron chi connectivity index (χ2n) is 5.20. The van der Waals surface area contributed by atoms with E-state index in [0.29, 0.717) is 0 Å². The molecule has 0 radical (unpaired) electrons. The van der Waals surface area contributed by atoms with Crippen LogP contribution in [0.1, 0.15) is 51.4 Å². The van der Waals surface area contributed by atoms with Crippen LogP contribution in [0, 0.1) is 0 Å². The average molecular weight is 267 g/mol. The maximum atomic E-state index is 9.53. The molecule has 4 nitrogen and oxygen atoms in total. The van der Waals surface area contributed by atoms with Gasteiger partial charge in [-0.1, -0.05) is 20.8 Å². The first-order valence-electron chi connectivity index (χ1n) is 7.50. The Labute approximate surface area is 117 Å². The van der Waals surface area contributed by atoms with Crippen molar-refractivity contribution in [1.82, 2.24) is 15.1 Å². The topological polar surface area (TPSA) is 50.1 Å². The van der Waals surface area contributed by atoms with Gasteiger partial charge in [-0.25, -0.2) is 0 Å². The molecule has 1 aromatic rings. The SMILES string of the molecule is CCc1cc(CC)n(CCCC(CC)(CO)NC)n1. The fourth-order valence-electron chi connectivity index (χ4n) is 2.48. The average Bonchev–Trinajstić information content (AvgIpc) is 2.86. The molecule has 0 saturated carbocycles. The fraction of sp³-hybridized carbons (Fsp3) is 0.800. The Hall–Kier alpha value is -0.870. The van der Waals surface area contributed by atoms with Gasteiger partial charge in [-0.15, -0.1) is 0 Å². The maximum Gasteiger partial charge on any atom is 0.0624 e. The molecule has 0 amide bonds. The minimum Gasteiger partial charge on any atom is -0.394 e. The van der Waals surface area contributed by atoms with Crippen molar-refractivity contribution in [3.63, 3.8) is 0 Å². The third-order valence-corrected chi connectivity index (χ3v) is 4.17. The summed E-state index contributed by atoms with van der Waals surface area (Å²) >= 11 is 0. The standard InChI is InChI=1S/C15H29N3O/c1-5-13-11-14(6-2)18(17-13)10-8-9-15(7-3,12-19)16-4/h11,16,19H,5-10,12H2,1-4H3. The Balaban J connectivity index is 2.59. The van der Waals surface area contributed by atoms with Gasteiger partial charge in [0.2, 0.25) is 0 Å². The minimum absolute atomic E-state index is 0.132. The molecule has 0 bridgehead atoms. The van der Waals surface area contributed by atoms with Crippen LogP contribution in [0.15, 0.2) is 6.07 Å². The molecule has 1 unspecified atom stereocenters. The lowest BCUT2D eigenvalue weighted by Gasteiger charge is -2.30. The second kappa shape index (κ2) is 7.65. The first-order valence-corrected chi connectivity index (χ1v) is 7.50. The molecule has 1 atom stereocenters. The van der Waals surface area contributed by atoms with Gasteiger partial charge in [0.05, 0.1) is 12.3 Å². The number of hydrogen-bond acceptors (Lipinski definition) is 3. The number of nitrogens with zero attached hydrogens (tertiary/aromatic N) is 2. The van der Waals surface area contributed by atoms with Gasteiger partial charge in [0, 0.05) is 17.8 Å². The number of aliphatic hydroxyl groups excluding tert-OH is 1. The summed E-state index contributed by atoms with van der Waals surface area (Å²) < 4.78 is 2.13. The van der Waals surface area contributed by atoms with Crippen LogP contribution in [0.5, 0.6) is 0 Å². The van der Waals surface area contributed by atoms with Crippen molar-refractivity contribution in [3.05, 3.63) is 17.5 Å². The summed E-state index contributed by atoms with van der Waals surface area (Å²) in [6, 6.07) is 2.21. The van der Waals surface area contributed by atoms with E-state index >= 15 is 0 Å². The smallest absolute Gasteiger partial charge is 0.0624 e. The van der Waals surface area contributed by atoms with Crippen molar-refractivity contribution in [2.45, 2.75) is 65.0 Å². The van der Waals surface area contributed by atoms with Crippen molar-refractivity contribution in [3.8, 4) is 0 Å². The molecule has 0 spiro atoms.